The van der Waals surface area contributed by atoms with Gasteiger partial charge in [-0.3, -0.25) is 0 Å². The van der Waals surface area contributed by atoms with Crippen LogP contribution in [-0.2, 0) is 4.74 Å². The number of hydrogen-bond donors (Lipinski definition) is 1. The van der Waals surface area contributed by atoms with Crippen LogP contribution in [0.4, 0.5) is 0 Å². The van der Waals surface area contributed by atoms with E-state index in [2.05, 4.69) is 37.3 Å². The van der Waals surface area contributed by atoms with Crippen molar-refractivity contribution in [2.75, 3.05) is 6.61 Å². The third kappa shape index (κ3) is 4.92. The van der Waals surface area contributed by atoms with Crippen LogP contribution < -0.4 is 4.46 Å². The first-order chi connectivity index (χ1) is 9.29. The van der Waals surface area contributed by atoms with Gasteiger partial charge >= 0.3 is 122 Å². The first-order valence-electron chi connectivity index (χ1n) is 7.31. The van der Waals surface area contributed by atoms with E-state index < -0.39 is 0 Å². The Balaban J connectivity index is 1.98. The van der Waals surface area contributed by atoms with Crippen molar-refractivity contribution in [3.63, 3.8) is 0 Å². The van der Waals surface area contributed by atoms with Crippen LogP contribution in [0.15, 0.2) is 30.3 Å². The first-order valence-corrected chi connectivity index (χ1v) is 9.15. The van der Waals surface area contributed by atoms with Crippen LogP contribution in [0.2, 0.25) is 4.82 Å². The van der Waals surface area contributed by atoms with Crippen LogP contribution in [-0.4, -0.2) is 38.9 Å². The summed E-state index contributed by atoms with van der Waals surface area (Å²) in [5, 5.41) is 9.85. The molecule has 3 heteroatoms. The first kappa shape index (κ1) is 15.1. The second-order valence-corrected chi connectivity index (χ2v) is 7.95. The second-order valence-electron chi connectivity index (χ2n) is 5.20. The zero-order valence-corrected chi connectivity index (χ0v) is 13.3. The van der Waals surface area contributed by atoms with Crippen molar-refractivity contribution < 1.29 is 9.84 Å². The molecule has 0 amide bonds. The summed E-state index contributed by atoms with van der Waals surface area (Å²) < 4.78 is 7.38. The van der Waals surface area contributed by atoms with E-state index in [9.17, 15) is 5.11 Å². The quantitative estimate of drug-likeness (QED) is 0.814. The molecule has 0 radical (unpaired) electrons. The van der Waals surface area contributed by atoms with E-state index in [1.807, 2.05) is 0 Å². The number of aliphatic hydroxyl groups is 1. The third-order valence-electron chi connectivity index (χ3n) is 3.57. The van der Waals surface area contributed by atoms with Gasteiger partial charge in [0.05, 0.1) is 0 Å². The predicted octanol–water partition coefficient (Wildman–Crippen LogP) is 2.53. The summed E-state index contributed by atoms with van der Waals surface area (Å²) in [6.45, 7) is 2.96. The van der Waals surface area contributed by atoms with Gasteiger partial charge in [0.2, 0.25) is 0 Å². The fourth-order valence-corrected chi connectivity index (χ4v) is 5.17. The average Bonchev–Trinajstić information content (AvgIpc) is 2.44. The van der Waals surface area contributed by atoms with Crippen LogP contribution in [0.3, 0.4) is 0 Å². The Labute approximate surface area is 122 Å². The Morgan fingerprint density at radius 3 is 2.84 bits per heavy atom. The van der Waals surface area contributed by atoms with Gasteiger partial charge in [0.1, 0.15) is 0 Å². The van der Waals surface area contributed by atoms with E-state index in [-0.39, 0.29) is 12.2 Å². The average molecular weight is 327 g/mol. The van der Waals surface area contributed by atoms with Crippen LogP contribution in [0.25, 0.3) is 0 Å². The van der Waals surface area contributed by atoms with Gasteiger partial charge in [-0.15, -0.1) is 0 Å². The van der Waals surface area contributed by atoms with E-state index in [0.717, 1.165) is 19.4 Å². The van der Waals surface area contributed by atoms with Crippen molar-refractivity contribution >= 4 is 19.4 Å². The number of benzene rings is 1. The summed E-state index contributed by atoms with van der Waals surface area (Å²) in [6, 6.07) is 10.7. The molecule has 1 aromatic carbocycles. The van der Waals surface area contributed by atoms with E-state index in [1.54, 1.807) is 0 Å². The zero-order chi connectivity index (χ0) is 13.5. The molecular formula is C16H24O2Se. The molecule has 1 saturated heterocycles. The zero-order valence-electron chi connectivity index (χ0n) is 11.6. The molecule has 3 atom stereocenters. The van der Waals surface area contributed by atoms with Crippen LogP contribution in [0, 0.1) is 0 Å². The van der Waals surface area contributed by atoms with Crippen molar-refractivity contribution in [1.82, 2.24) is 0 Å². The van der Waals surface area contributed by atoms with Gasteiger partial charge in [-0.1, -0.05) is 0 Å². The SMILES string of the molecule is CCCC[C@H]([Se]c1ccccc1)[C@@H]1C[C@H](O)CCO1. The van der Waals surface area contributed by atoms with Crippen molar-refractivity contribution in [1.29, 1.82) is 0 Å². The molecule has 0 aromatic heterocycles. The van der Waals surface area contributed by atoms with Crippen molar-refractivity contribution in [3.8, 4) is 0 Å². The Hall–Kier alpha value is -0.341. The minimum absolute atomic E-state index is 0.158. The normalized spacial score (nSPS) is 25.2. The Bertz CT molecular complexity index is 355. The summed E-state index contributed by atoms with van der Waals surface area (Å²) in [6.07, 6.45) is 5.44. The van der Waals surface area contributed by atoms with E-state index in [1.165, 1.54) is 23.7 Å². The van der Waals surface area contributed by atoms with Gasteiger partial charge in [0.15, 0.2) is 0 Å². The number of rotatable bonds is 6. The molecule has 0 bridgehead atoms. The minimum atomic E-state index is -0.158. The molecule has 1 aliphatic heterocycles. The maximum atomic E-state index is 9.85. The Morgan fingerprint density at radius 1 is 1.37 bits per heavy atom. The van der Waals surface area contributed by atoms with Gasteiger partial charge in [0.25, 0.3) is 0 Å². The van der Waals surface area contributed by atoms with Crippen molar-refractivity contribution in [3.05, 3.63) is 30.3 Å². The van der Waals surface area contributed by atoms with Gasteiger partial charge in [-0.05, 0) is 0 Å². The molecule has 0 unspecified atom stereocenters. The number of ether oxygens (including phenoxy) is 1. The molecular weight excluding hydrogens is 303 g/mol. The van der Waals surface area contributed by atoms with Gasteiger partial charge in [-0.2, -0.15) is 0 Å². The molecule has 1 aromatic rings. The molecule has 2 nitrogen and oxygen atoms in total. The molecule has 19 heavy (non-hydrogen) atoms. The van der Waals surface area contributed by atoms with Crippen molar-refractivity contribution in [2.45, 2.75) is 56.1 Å². The summed E-state index contributed by atoms with van der Waals surface area (Å²) in [4.78, 5) is 0.602. The molecule has 0 spiro atoms. The van der Waals surface area contributed by atoms with Crippen molar-refractivity contribution in [2.24, 2.45) is 0 Å². The van der Waals surface area contributed by atoms with Crippen LogP contribution >= 0.6 is 0 Å². The molecule has 1 aliphatic rings. The Morgan fingerprint density at radius 2 is 2.16 bits per heavy atom. The monoisotopic (exact) mass is 328 g/mol. The van der Waals surface area contributed by atoms with E-state index in [0.29, 0.717) is 19.8 Å². The molecule has 2 rings (SSSR count). The standard InChI is InChI=1S/C16H24O2Se/c1-2-3-9-16(15-12-13(17)10-11-18-15)19-14-7-5-4-6-8-14/h4-8,13,15-17H,2-3,9-12H2,1H3/t13-,15+,16+/m1/s1. The number of unbranched alkanes of at least 4 members (excludes halogenated alkanes) is 1. The van der Waals surface area contributed by atoms with Gasteiger partial charge in [0, 0.05) is 0 Å². The number of aliphatic hydroxyl groups excluding tert-OH is 1. The summed E-state index contributed by atoms with van der Waals surface area (Å²) in [5.41, 5.74) is 0. The van der Waals surface area contributed by atoms with E-state index >= 15 is 0 Å². The molecule has 106 valence electrons. The Kier molecular flexibility index (Phi) is 6.39. The summed E-state index contributed by atoms with van der Waals surface area (Å²) >= 11 is 0.443. The molecule has 1 fully saturated rings. The summed E-state index contributed by atoms with van der Waals surface area (Å²) in [5.74, 6) is 0. The third-order valence-corrected chi connectivity index (χ3v) is 6.48. The van der Waals surface area contributed by atoms with Gasteiger partial charge in [-0.25, -0.2) is 0 Å². The maximum absolute atomic E-state index is 9.85. The fraction of sp³-hybridized carbons (Fsp3) is 0.625. The predicted molar refractivity (Wildman–Crippen MR) is 80.1 cm³/mol. The topological polar surface area (TPSA) is 29.5 Å². The summed E-state index contributed by atoms with van der Waals surface area (Å²) in [7, 11) is 0. The molecule has 0 saturated carbocycles. The molecule has 1 heterocycles. The molecule has 0 aliphatic carbocycles. The second kappa shape index (κ2) is 8.06. The van der Waals surface area contributed by atoms with Gasteiger partial charge < -0.3 is 0 Å². The fourth-order valence-electron chi connectivity index (χ4n) is 2.47. The van der Waals surface area contributed by atoms with E-state index in [4.69, 9.17) is 4.74 Å². The number of hydrogen-bond acceptors (Lipinski definition) is 2. The van der Waals surface area contributed by atoms with Crippen LogP contribution in [0.5, 0.6) is 0 Å². The van der Waals surface area contributed by atoms with Crippen LogP contribution in [0.1, 0.15) is 39.0 Å². The molecule has 1 N–H and O–H groups in total.